The van der Waals surface area contributed by atoms with Crippen LogP contribution in [0.15, 0.2) is 146 Å². The molecule has 3 amide bonds. The summed E-state index contributed by atoms with van der Waals surface area (Å²) in [6, 6.07) is 47.8. The van der Waals surface area contributed by atoms with Gasteiger partial charge in [0.2, 0.25) is 5.91 Å². The molecule has 3 aliphatic rings. The van der Waals surface area contributed by atoms with E-state index in [1.807, 2.05) is 84.9 Å². The molecule has 1 fully saturated rings. The van der Waals surface area contributed by atoms with E-state index in [-0.39, 0.29) is 37.0 Å². The number of aryl methyl sites for hydroxylation is 2. The first-order valence-corrected chi connectivity index (χ1v) is 23.6. The monoisotopic (exact) mass is 865 g/mol. The molecule has 0 spiro atoms. The Morgan fingerprint density at radius 3 is 2.00 bits per heavy atom. The smallest absolute Gasteiger partial charge is 0.407 e. The number of unbranched alkanes of at least 4 members (excludes halogenated alkanes) is 1. The van der Waals surface area contributed by atoms with Crippen molar-refractivity contribution in [2.24, 2.45) is 0 Å². The van der Waals surface area contributed by atoms with E-state index in [1.165, 1.54) is 48.8 Å². The maximum Gasteiger partial charge on any atom is 0.407 e. The predicted molar refractivity (Wildman–Crippen MR) is 256 cm³/mol. The van der Waals surface area contributed by atoms with E-state index >= 15 is 0 Å². The van der Waals surface area contributed by atoms with Crippen LogP contribution in [0.1, 0.15) is 132 Å². The van der Waals surface area contributed by atoms with Crippen molar-refractivity contribution >= 4 is 17.9 Å². The molecule has 9 rings (SSSR count). The van der Waals surface area contributed by atoms with Gasteiger partial charge in [-0.2, -0.15) is 0 Å². The Kier molecular flexibility index (Phi) is 13.7. The second kappa shape index (κ2) is 20.4. The van der Waals surface area contributed by atoms with Gasteiger partial charge in [0.1, 0.15) is 18.4 Å². The lowest BCUT2D eigenvalue weighted by atomic mass is 9.83. The fraction of sp³-hybridized carbons (Fsp3) is 0.316. The first kappa shape index (κ1) is 43.6. The predicted octanol–water partition coefficient (Wildman–Crippen LogP) is 11.4. The molecule has 0 bridgehead atoms. The molecule has 8 heteroatoms. The molecule has 3 atom stereocenters. The Hall–Kier alpha value is -6.67. The lowest BCUT2D eigenvalue weighted by molar-refractivity contribution is -0.130. The van der Waals surface area contributed by atoms with Crippen LogP contribution in [0.5, 0.6) is 5.75 Å². The Morgan fingerprint density at radius 2 is 1.28 bits per heavy atom. The van der Waals surface area contributed by atoms with Gasteiger partial charge in [-0.1, -0.05) is 172 Å². The second-order valence-corrected chi connectivity index (χ2v) is 17.9. The lowest BCUT2D eigenvalue weighted by Crippen LogP contribution is -2.49. The molecule has 0 radical (unpaired) electrons. The first-order chi connectivity index (χ1) is 31.9. The fourth-order valence-electron chi connectivity index (χ4n) is 10.3. The van der Waals surface area contributed by atoms with Crippen molar-refractivity contribution < 1.29 is 23.9 Å². The molecule has 3 aliphatic carbocycles. The van der Waals surface area contributed by atoms with Gasteiger partial charge in [0, 0.05) is 5.92 Å². The average molecular weight is 866 g/mol. The largest absolute Gasteiger partial charge is 0.484 e. The highest BCUT2D eigenvalue weighted by Crippen LogP contribution is 2.45. The molecule has 0 aliphatic heterocycles. The maximum atomic E-state index is 14.1. The van der Waals surface area contributed by atoms with Crippen LogP contribution in [0.4, 0.5) is 4.79 Å². The highest BCUT2D eigenvalue weighted by Gasteiger charge is 2.31. The van der Waals surface area contributed by atoms with E-state index in [0.717, 1.165) is 70.2 Å². The number of carbonyl (C=O) groups excluding carboxylic acids is 3. The quantitative estimate of drug-likeness (QED) is 0.0953. The SMILES string of the molecule is CCCCC(NC(=O)COc1ccc2c(c1)CCc1ccccc1C2NC(=O)OCC1c2ccccc2-c2ccccc21)C(=O)NC(c1ccccc1)c1ccc(C2CCCCC2)cc1. The Balaban J connectivity index is 0.857. The number of carbonyl (C=O) groups is 3. The van der Waals surface area contributed by atoms with Crippen LogP contribution in [0.3, 0.4) is 0 Å². The fourth-order valence-corrected chi connectivity index (χ4v) is 10.3. The standard InChI is InChI=1S/C57H59N3O5/c1-2-3-26-52(56(62)59-54(41-19-8-5-9-20-41)42-30-27-39(28-31-42)38-16-6-4-7-17-38)58-53(61)37-64-44-33-34-46-43(35-44)32-29-40-18-10-11-21-45(40)55(46)60-57(63)65-36-51-49-24-14-12-22-47(49)48-23-13-15-25-50(48)51/h5,8-15,18-25,27-28,30-31,33-35,38,51-52,54-55H,2-4,6-7,16-17,26,29,32,36-37H2,1H3,(H,58,61)(H,59,62)(H,60,63). The van der Waals surface area contributed by atoms with Crippen molar-refractivity contribution in [3.8, 4) is 16.9 Å². The van der Waals surface area contributed by atoms with Gasteiger partial charge in [0.05, 0.1) is 12.1 Å². The normalized spacial score (nSPS) is 16.4. The molecule has 0 heterocycles. The zero-order valence-corrected chi connectivity index (χ0v) is 37.3. The molecule has 65 heavy (non-hydrogen) atoms. The maximum absolute atomic E-state index is 14.1. The van der Waals surface area contributed by atoms with Gasteiger partial charge in [-0.25, -0.2) is 4.79 Å². The Bertz CT molecular complexity index is 2560. The Morgan fingerprint density at radius 1 is 0.646 bits per heavy atom. The van der Waals surface area contributed by atoms with E-state index < -0.39 is 18.2 Å². The summed E-state index contributed by atoms with van der Waals surface area (Å²) < 4.78 is 12.1. The summed E-state index contributed by atoms with van der Waals surface area (Å²) in [7, 11) is 0. The zero-order valence-electron chi connectivity index (χ0n) is 37.3. The van der Waals surface area contributed by atoms with Crippen molar-refractivity contribution in [2.45, 2.75) is 101 Å². The highest BCUT2D eigenvalue weighted by molar-refractivity contribution is 5.88. The van der Waals surface area contributed by atoms with Gasteiger partial charge in [-0.3, -0.25) is 9.59 Å². The summed E-state index contributed by atoms with van der Waals surface area (Å²) in [5.74, 6) is 0.495. The molecule has 332 valence electrons. The van der Waals surface area contributed by atoms with E-state index in [1.54, 1.807) is 0 Å². The van der Waals surface area contributed by atoms with Gasteiger partial charge in [-0.15, -0.1) is 0 Å². The van der Waals surface area contributed by atoms with Crippen LogP contribution in [-0.2, 0) is 27.2 Å². The van der Waals surface area contributed by atoms with E-state index in [9.17, 15) is 14.4 Å². The number of amides is 3. The molecule has 6 aromatic carbocycles. The summed E-state index contributed by atoms with van der Waals surface area (Å²) in [6.07, 6.45) is 9.52. The van der Waals surface area contributed by atoms with E-state index in [4.69, 9.17) is 9.47 Å². The number of nitrogens with one attached hydrogen (secondary N) is 3. The molecule has 3 N–H and O–H groups in total. The number of benzene rings is 6. The second-order valence-electron chi connectivity index (χ2n) is 17.9. The van der Waals surface area contributed by atoms with Crippen molar-refractivity contribution in [1.29, 1.82) is 0 Å². The zero-order chi connectivity index (χ0) is 44.5. The number of fused-ring (bicyclic) bond motifs is 5. The number of hydrogen-bond acceptors (Lipinski definition) is 5. The molecular weight excluding hydrogens is 807 g/mol. The van der Waals surface area contributed by atoms with Gasteiger partial charge >= 0.3 is 6.09 Å². The highest BCUT2D eigenvalue weighted by atomic mass is 16.5. The molecule has 0 saturated heterocycles. The average Bonchev–Trinajstić information content (AvgIpc) is 3.59. The van der Waals surface area contributed by atoms with E-state index in [2.05, 4.69) is 83.5 Å². The number of ether oxygens (including phenoxy) is 2. The van der Waals surface area contributed by atoms with Crippen molar-refractivity contribution in [2.75, 3.05) is 13.2 Å². The van der Waals surface area contributed by atoms with Crippen molar-refractivity contribution in [1.82, 2.24) is 16.0 Å². The lowest BCUT2D eigenvalue weighted by Gasteiger charge is -2.26. The number of hydrogen-bond donors (Lipinski definition) is 3. The van der Waals surface area contributed by atoms with Crippen LogP contribution >= 0.6 is 0 Å². The van der Waals surface area contributed by atoms with Gasteiger partial charge < -0.3 is 25.4 Å². The molecule has 8 nitrogen and oxygen atoms in total. The third-order valence-electron chi connectivity index (χ3n) is 13.7. The topological polar surface area (TPSA) is 106 Å². The van der Waals surface area contributed by atoms with Crippen molar-refractivity contribution in [3.63, 3.8) is 0 Å². The third kappa shape index (κ3) is 10.0. The summed E-state index contributed by atoms with van der Waals surface area (Å²) in [4.78, 5) is 41.4. The first-order valence-electron chi connectivity index (χ1n) is 23.6. The van der Waals surface area contributed by atoms with Crippen LogP contribution in [0, 0.1) is 0 Å². The van der Waals surface area contributed by atoms with Crippen LogP contribution < -0.4 is 20.7 Å². The van der Waals surface area contributed by atoms with Crippen LogP contribution in [0.2, 0.25) is 0 Å². The minimum absolute atomic E-state index is 0.0464. The molecule has 0 aromatic heterocycles. The third-order valence-corrected chi connectivity index (χ3v) is 13.7. The van der Waals surface area contributed by atoms with Gasteiger partial charge in [0.15, 0.2) is 6.61 Å². The van der Waals surface area contributed by atoms with Crippen molar-refractivity contribution in [3.05, 3.63) is 196 Å². The summed E-state index contributed by atoms with van der Waals surface area (Å²) in [6.45, 7) is 2.05. The van der Waals surface area contributed by atoms with Gasteiger partial charge in [0.25, 0.3) is 5.91 Å². The molecule has 3 unspecified atom stereocenters. The molecule has 6 aromatic rings. The summed E-state index contributed by atoms with van der Waals surface area (Å²) in [5.41, 5.74) is 12.2. The summed E-state index contributed by atoms with van der Waals surface area (Å²) >= 11 is 0. The van der Waals surface area contributed by atoms with Crippen LogP contribution in [-0.4, -0.2) is 37.2 Å². The number of alkyl carbamates (subject to hydrolysis) is 1. The Labute approximate surface area is 383 Å². The van der Waals surface area contributed by atoms with Gasteiger partial charge in [-0.05, 0) is 111 Å². The minimum Gasteiger partial charge on any atom is -0.484 e. The van der Waals surface area contributed by atoms with E-state index in [0.29, 0.717) is 18.1 Å². The summed E-state index contributed by atoms with van der Waals surface area (Å²) in [5, 5.41) is 9.51. The van der Waals surface area contributed by atoms with Crippen LogP contribution in [0.25, 0.3) is 11.1 Å². The molecular formula is C57H59N3O5. The number of rotatable bonds is 15. The minimum atomic E-state index is -0.728. The molecule has 1 saturated carbocycles.